The predicted molar refractivity (Wildman–Crippen MR) is 129 cm³/mol. The highest BCUT2D eigenvalue weighted by Gasteiger charge is 2.19. The van der Waals surface area contributed by atoms with Gasteiger partial charge in [0.25, 0.3) is 5.91 Å². The zero-order valence-corrected chi connectivity index (χ0v) is 19.8. The molecule has 3 aromatic carbocycles. The van der Waals surface area contributed by atoms with E-state index >= 15 is 0 Å². The molecule has 0 atom stereocenters. The highest BCUT2D eigenvalue weighted by Crippen LogP contribution is 2.28. The topological polar surface area (TPSA) is 75.7 Å². The van der Waals surface area contributed by atoms with Crippen LogP contribution in [0.2, 0.25) is 10.0 Å². The molecule has 0 radical (unpaired) electrons. The van der Waals surface area contributed by atoms with Crippen LogP contribution in [0.1, 0.15) is 21.5 Å². The van der Waals surface area contributed by atoms with Gasteiger partial charge in [-0.25, -0.2) is 8.42 Å². The molecule has 9 heteroatoms. The Hall–Kier alpha value is -2.58. The Balaban J connectivity index is 1.76. The van der Waals surface area contributed by atoms with Gasteiger partial charge in [0, 0.05) is 28.4 Å². The number of nitrogens with one attached hydrogen (secondary N) is 1. The monoisotopic (exact) mass is 492 g/mol. The van der Waals surface area contributed by atoms with E-state index in [0.29, 0.717) is 39.2 Å². The molecule has 0 unspecified atom stereocenters. The Morgan fingerprint density at radius 1 is 0.969 bits per heavy atom. The standard InChI is InChI=1S/C23H22Cl2N2O4S/c1-31-15-17-4-3-5-21(10-17)26-23(28)18-8-6-16(7-9-18)14-27(32(2,29)30)22-12-19(24)11-20(25)13-22/h3-13H,14-15H2,1-2H3,(H,26,28). The van der Waals surface area contributed by atoms with Crippen LogP contribution < -0.4 is 9.62 Å². The summed E-state index contributed by atoms with van der Waals surface area (Å²) >= 11 is 12.1. The van der Waals surface area contributed by atoms with Gasteiger partial charge in [-0.05, 0) is 53.6 Å². The van der Waals surface area contributed by atoms with Gasteiger partial charge >= 0.3 is 0 Å². The van der Waals surface area contributed by atoms with Crippen molar-refractivity contribution in [1.82, 2.24) is 0 Å². The number of hydrogen-bond acceptors (Lipinski definition) is 4. The minimum absolute atomic E-state index is 0.0659. The van der Waals surface area contributed by atoms with Gasteiger partial charge in [-0.3, -0.25) is 9.10 Å². The van der Waals surface area contributed by atoms with Crippen LogP contribution in [-0.2, 0) is 27.9 Å². The van der Waals surface area contributed by atoms with E-state index in [0.717, 1.165) is 11.8 Å². The quantitative estimate of drug-likeness (QED) is 0.459. The Morgan fingerprint density at radius 2 is 1.62 bits per heavy atom. The number of hydrogen-bond donors (Lipinski definition) is 1. The number of carbonyl (C=O) groups excluding carboxylic acids is 1. The van der Waals surface area contributed by atoms with Crippen LogP contribution in [0.25, 0.3) is 0 Å². The summed E-state index contributed by atoms with van der Waals surface area (Å²) in [6, 6.07) is 18.7. The first-order valence-electron chi connectivity index (χ1n) is 9.57. The number of halogens is 2. The summed E-state index contributed by atoms with van der Waals surface area (Å²) in [5.41, 5.74) is 3.12. The molecule has 0 fully saturated rings. The summed E-state index contributed by atoms with van der Waals surface area (Å²) in [5.74, 6) is -0.271. The average molecular weight is 493 g/mol. The normalized spacial score (nSPS) is 11.2. The molecule has 0 saturated heterocycles. The van der Waals surface area contributed by atoms with E-state index in [1.807, 2.05) is 18.2 Å². The summed E-state index contributed by atoms with van der Waals surface area (Å²) < 4.78 is 31.1. The fourth-order valence-corrected chi connectivity index (χ4v) is 4.51. The summed E-state index contributed by atoms with van der Waals surface area (Å²) in [5, 5.41) is 3.52. The third-order valence-electron chi connectivity index (χ3n) is 4.57. The fraction of sp³-hybridized carbons (Fsp3) is 0.174. The van der Waals surface area contributed by atoms with Crippen LogP contribution in [0, 0.1) is 0 Å². The zero-order chi connectivity index (χ0) is 23.3. The first kappa shape index (κ1) is 24.1. The summed E-state index contributed by atoms with van der Waals surface area (Å²) in [6.45, 7) is 0.517. The van der Waals surface area contributed by atoms with Gasteiger partial charge in [-0.1, -0.05) is 47.5 Å². The molecule has 0 heterocycles. The summed E-state index contributed by atoms with van der Waals surface area (Å²) in [7, 11) is -1.99. The molecule has 1 N–H and O–H groups in total. The molecular weight excluding hydrogens is 471 g/mol. The molecule has 0 bridgehead atoms. The lowest BCUT2D eigenvalue weighted by molar-refractivity contribution is 0.102. The van der Waals surface area contributed by atoms with Crippen LogP contribution in [0.15, 0.2) is 66.7 Å². The molecule has 0 aliphatic carbocycles. The van der Waals surface area contributed by atoms with Crippen LogP contribution in [0.3, 0.4) is 0 Å². The lowest BCUT2D eigenvalue weighted by Crippen LogP contribution is -2.29. The van der Waals surface area contributed by atoms with Gasteiger partial charge < -0.3 is 10.1 Å². The predicted octanol–water partition coefficient (Wildman–Crippen LogP) is 5.36. The minimum atomic E-state index is -3.60. The number of benzene rings is 3. The second-order valence-electron chi connectivity index (χ2n) is 7.18. The van der Waals surface area contributed by atoms with Crippen molar-refractivity contribution in [3.63, 3.8) is 0 Å². The summed E-state index contributed by atoms with van der Waals surface area (Å²) in [4.78, 5) is 12.6. The van der Waals surface area contributed by atoms with Crippen molar-refractivity contribution >= 4 is 50.5 Å². The molecule has 1 amide bonds. The first-order valence-corrected chi connectivity index (χ1v) is 12.2. The Labute approximate surface area is 197 Å². The van der Waals surface area contributed by atoms with E-state index in [1.165, 1.54) is 22.5 Å². The van der Waals surface area contributed by atoms with Gasteiger partial charge in [-0.2, -0.15) is 0 Å². The van der Waals surface area contributed by atoms with E-state index < -0.39 is 10.0 Å². The van der Waals surface area contributed by atoms with Gasteiger partial charge in [0.2, 0.25) is 10.0 Å². The maximum Gasteiger partial charge on any atom is 0.255 e. The third kappa shape index (κ3) is 6.46. The average Bonchev–Trinajstić information content (AvgIpc) is 2.71. The molecule has 168 valence electrons. The number of carbonyl (C=O) groups is 1. The zero-order valence-electron chi connectivity index (χ0n) is 17.5. The number of rotatable bonds is 8. The lowest BCUT2D eigenvalue weighted by atomic mass is 10.1. The number of methoxy groups -OCH3 is 1. The third-order valence-corrected chi connectivity index (χ3v) is 6.15. The molecule has 0 spiro atoms. The van der Waals surface area contributed by atoms with E-state index in [4.69, 9.17) is 27.9 Å². The van der Waals surface area contributed by atoms with Gasteiger partial charge in [0.15, 0.2) is 0 Å². The maximum absolute atomic E-state index is 12.6. The molecule has 0 saturated carbocycles. The van der Waals surface area contributed by atoms with Crippen LogP contribution >= 0.6 is 23.2 Å². The van der Waals surface area contributed by atoms with Crippen LogP contribution in [0.4, 0.5) is 11.4 Å². The highest BCUT2D eigenvalue weighted by molar-refractivity contribution is 7.92. The van der Waals surface area contributed by atoms with Gasteiger partial charge in [-0.15, -0.1) is 0 Å². The first-order chi connectivity index (χ1) is 15.2. The van der Waals surface area contributed by atoms with Crippen molar-refractivity contribution in [2.45, 2.75) is 13.2 Å². The molecule has 0 aliphatic rings. The smallest absolute Gasteiger partial charge is 0.255 e. The van der Waals surface area contributed by atoms with E-state index in [1.54, 1.807) is 37.4 Å². The Bertz CT molecular complexity index is 1190. The Kier molecular flexibility index (Phi) is 7.79. The SMILES string of the molecule is COCc1cccc(NC(=O)c2ccc(CN(c3cc(Cl)cc(Cl)c3)S(C)(=O)=O)cc2)c1. The number of nitrogens with zero attached hydrogens (tertiary/aromatic N) is 1. The van der Waals surface area contributed by atoms with Crippen molar-refractivity contribution in [1.29, 1.82) is 0 Å². The number of anilines is 2. The molecule has 3 aromatic rings. The lowest BCUT2D eigenvalue weighted by Gasteiger charge is -2.23. The van der Waals surface area contributed by atoms with E-state index in [2.05, 4.69) is 5.32 Å². The molecule has 6 nitrogen and oxygen atoms in total. The largest absolute Gasteiger partial charge is 0.380 e. The van der Waals surface area contributed by atoms with E-state index in [-0.39, 0.29) is 12.5 Å². The van der Waals surface area contributed by atoms with Crippen molar-refractivity contribution in [2.24, 2.45) is 0 Å². The second-order valence-corrected chi connectivity index (χ2v) is 9.96. The molecule has 32 heavy (non-hydrogen) atoms. The fourth-order valence-electron chi connectivity index (χ4n) is 3.12. The van der Waals surface area contributed by atoms with Crippen molar-refractivity contribution < 1.29 is 17.9 Å². The van der Waals surface area contributed by atoms with Gasteiger partial charge in [0.05, 0.1) is 25.1 Å². The number of ether oxygens (including phenoxy) is 1. The molecule has 3 rings (SSSR count). The van der Waals surface area contributed by atoms with Crippen molar-refractivity contribution in [3.05, 3.63) is 93.5 Å². The number of sulfonamides is 1. The molecule has 0 aliphatic heterocycles. The van der Waals surface area contributed by atoms with Crippen LogP contribution in [-0.4, -0.2) is 27.7 Å². The number of amides is 1. The van der Waals surface area contributed by atoms with Crippen molar-refractivity contribution in [2.75, 3.05) is 23.0 Å². The van der Waals surface area contributed by atoms with E-state index in [9.17, 15) is 13.2 Å². The molecule has 0 aromatic heterocycles. The highest BCUT2D eigenvalue weighted by atomic mass is 35.5. The van der Waals surface area contributed by atoms with Gasteiger partial charge in [0.1, 0.15) is 0 Å². The molecular formula is C23H22Cl2N2O4S. The second kappa shape index (κ2) is 10.4. The summed E-state index contributed by atoms with van der Waals surface area (Å²) in [6.07, 6.45) is 1.11. The van der Waals surface area contributed by atoms with Crippen molar-refractivity contribution in [3.8, 4) is 0 Å². The van der Waals surface area contributed by atoms with Crippen LogP contribution in [0.5, 0.6) is 0 Å². The minimum Gasteiger partial charge on any atom is -0.380 e. The Morgan fingerprint density at radius 3 is 2.22 bits per heavy atom. The maximum atomic E-state index is 12.6.